The lowest BCUT2D eigenvalue weighted by Crippen LogP contribution is -2.46. The molecule has 31 heavy (non-hydrogen) atoms. The molecule has 0 bridgehead atoms. The van der Waals surface area contributed by atoms with Crippen molar-refractivity contribution in [3.8, 4) is 11.8 Å². The molecular weight excluding hydrogens is 388 g/mol. The second-order valence-electron chi connectivity index (χ2n) is 7.40. The number of hydrogen-bond acceptors (Lipinski definition) is 6. The van der Waals surface area contributed by atoms with Crippen molar-refractivity contribution < 1.29 is 9.15 Å². The fraction of sp³-hybridized carbons (Fsp3) is 0.280. The Morgan fingerprint density at radius 3 is 2.45 bits per heavy atom. The van der Waals surface area contributed by atoms with Crippen molar-refractivity contribution >= 4 is 18.0 Å². The van der Waals surface area contributed by atoms with Crippen molar-refractivity contribution in [2.45, 2.75) is 13.5 Å². The predicted molar refractivity (Wildman–Crippen MR) is 122 cm³/mol. The Morgan fingerprint density at radius 1 is 1.03 bits per heavy atom. The van der Waals surface area contributed by atoms with E-state index in [4.69, 9.17) is 9.15 Å². The van der Waals surface area contributed by atoms with Crippen LogP contribution in [0.4, 0.5) is 5.88 Å². The van der Waals surface area contributed by atoms with Crippen LogP contribution in [-0.4, -0.2) is 42.7 Å². The van der Waals surface area contributed by atoms with Crippen LogP contribution in [0, 0.1) is 11.3 Å². The number of piperazine rings is 1. The van der Waals surface area contributed by atoms with E-state index in [0.717, 1.165) is 44.0 Å². The Hall–Kier alpha value is -3.56. The number of hydrogen-bond donors (Lipinski definition) is 0. The molecule has 0 radical (unpaired) electrons. The molecule has 0 saturated carbocycles. The first-order valence-corrected chi connectivity index (χ1v) is 10.6. The molecule has 158 valence electrons. The monoisotopic (exact) mass is 414 g/mol. The minimum absolute atomic E-state index is 0.336. The van der Waals surface area contributed by atoms with E-state index in [1.54, 1.807) is 6.08 Å². The van der Waals surface area contributed by atoms with Crippen LogP contribution in [0.5, 0.6) is 5.75 Å². The number of nitriles is 1. The van der Waals surface area contributed by atoms with Crippen molar-refractivity contribution in [2.75, 3.05) is 37.7 Å². The van der Waals surface area contributed by atoms with Crippen LogP contribution >= 0.6 is 0 Å². The van der Waals surface area contributed by atoms with Gasteiger partial charge in [-0.2, -0.15) is 10.2 Å². The number of anilines is 1. The van der Waals surface area contributed by atoms with Crippen LogP contribution in [0.1, 0.15) is 29.6 Å². The van der Waals surface area contributed by atoms with Gasteiger partial charge in [0.15, 0.2) is 0 Å². The van der Waals surface area contributed by atoms with E-state index < -0.39 is 0 Å². The first kappa shape index (κ1) is 20.7. The Balaban J connectivity index is 1.39. The van der Waals surface area contributed by atoms with Crippen molar-refractivity contribution in [3.63, 3.8) is 0 Å². The molecule has 2 aromatic carbocycles. The highest BCUT2D eigenvalue weighted by atomic mass is 16.5. The number of aromatic nitrogens is 1. The maximum absolute atomic E-state index is 9.53. The Kier molecular flexibility index (Phi) is 6.65. The van der Waals surface area contributed by atoms with Gasteiger partial charge in [0.1, 0.15) is 11.8 Å². The molecule has 1 aliphatic heterocycles. The highest BCUT2D eigenvalue weighted by molar-refractivity contribution is 5.67. The molecule has 1 fully saturated rings. The summed E-state index contributed by atoms with van der Waals surface area (Å²) >= 11 is 0. The molecule has 4 rings (SSSR count). The van der Waals surface area contributed by atoms with Crippen molar-refractivity contribution in [1.29, 1.82) is 5.26 Å². The van der Waals surface area contributed by atoms with E-state index in [2.05, 4.69) is 45.1 Å². The van der Waals surface area contributed by atoms with Crippen LogP contribution in [-0.2, 0) is 6.54 Å². The van der Waals surface area contributed by atoms with Gasteiger partial charge in [-0.05, 0) is 36.3 Å². The second kappa shape index (κ2) is 9.96. The van der Waals surface area contributed by atoms with Gasteiger partial charge in [0.05, 0.1) is 6.61 Å². The second-order valence-corrected chi connectivity index (χ2v) is 7.40. The van der Waals surface area contributed by atoms with E-state index in [1.165, 1.54) is 5.56 Å². The molecule has 1 saturated heterocycles. The average molecular weight is 415 g/mol. The third kappa shape index (κ3) is 5.33. The normalized spacial score (nSPS) is 14.6. The van der Waals surface area contributed by atoms with Crippen molar-refractivity contribution in [3.05, 3.63) is 77.3 Å². The zero-order valence-electron chi connectivity index (χ0n) is 17.7. The molecule has 1 aliphatic rings. The Morgan fingerprint density at radius 2 is 1.77 bits per heavy atom. The third-order valence-electron chi connectivity index (χ3n) is 5.25. The van der Waals surface area contributed by atoms with E-state index in [-0.39, 0.29) is 0 Å². The summed E-state index contributed by atoms with van der Waals surface area (Å²) in [6.07, 6.45) is 3.72. The summed E-state index contributed by atoms with van der Waals surface area (Å²) in [4.78, 5) is 8.89. The van der Waals surface area contributed by atoms with Gasteiger partial charge in [-0.1, -0.05) is 42.5 Å². The maximum atomic E-state index is 9.53. The summed E-state index contributed by atoms with van der Waals surface area (Å²) in [5.41, 5.74) is 2.66. The fourth-order valence-electron chi connectivity index (χ4n) is 3.65. The van der Waals surface area contributed by atoms with Crippen molar-refractivity contribution in [1.82, 2.24) is 9.88 Å². The first-order valence-electron chi connectivity index (χ1n) is 10.6. The molecule has 0 N–H and O–H groups in total. The molecule has 0 atom stereocenters. The smallest absolute Gasteiger partial charge is 0.235 e. The highest BCUT2D eigenvalue weighted by Gasteiger charge is 2.23. The van der Waals surface area contributed by atoms with Gasteiger partial charge in [0.25, 0.3) is 0 Å². The SMILES string of the molecule is CCOc1ccc(C=Cc2nc(C#N)c(N3CCN(Cc4ccccc4)CC3)o2)cc1. The van der Waals surface area contributed by atoms with E-state index in [0.29, 0.717) is 24.1 Å². The molecular formula is C25H26N4O2. The Labute approximate surface area is 183 Å². The predicted octanol–water partition coefficient (Wildman–Crippen LogP) is 4.44. The number of nitrogens with zero attached hydrogens (tertiary/aromatic N) is 4. The largest absolute Gasteiger partial charge is 0.494 e. The number of rotatable bonds is 7. The van der Waals surface area contributed by atoms with Crippen LogP contribution < -0.4 is 9.64 Å². The standard InChI is InChI=1S/C25H26N4O2/c1-2-30-22-11-8-20(9-12-22)10-13-24-27-23(18-26)25(31-24)29-16-14-28(15-17-29)19-21-6-4-3-5-7-21/h3-13H,2,14-17,19H2,1H3. The molecule has 3 aromatic rings. The molecule has 0 unspecified atom stereocenters. The van der Waals surface area contributed by atoms with Crippen molar-refractivity contribution in [2.24, 2.45) is 0 Å². The zero-order chi connectivity index (χ0) is 21.5. The van der Waals surface area contributed by atoms with E-state index >= 15 is 0 Å². The quantitative estimate of drug-likeness (QED) is 0.570. The lowest BCUT2D eigenvalue weighted by atomic mass is 10.2. The Bertz CT molecular complexity index is 1040. The topological polar surface area (TPSA) is 65.5 Å². The van der Waals surface area contributed by atoms with E-state index in [9.17, 15) is 5.26 Å². The van der Waals surface area contributed by atoms with Gasteiger partial charge in [-0.15, -0.1) is 0 Å². The first-order chi connectivity index (χ1) is 15.2. The van der Waals surface area contributed by atoms with Gasteiger partial charge in [-0.3, -0.25) is 4.90 Å². The summed E-state index contributed by atoms with van der Waals surface area (Å²) in [6.45, 7) is 6.98. The molecule has 6 heteroatoms. The van der Waals surface area contributed by atoms with Gasteiger partial charge in [0.2, 0.25) is 17.5 Å². The van der Waals surface area contributed by atoms with Gasteiger partial charge in [-0.25, -0.2) is 0 Å². The number of benzene rings is 2. The summed E-state index contributed by atoms with van der Waals surface area (Å²) in [7, 11) is 0. The van der Waals surface area contributed by atoms with Gasteiger partial charge < -0.3 is 14.1 Å². The van der Waals surface area contributed by atoms with Crippen LogP contribution in [0.15, 0.2) is 59.0 Å². The summed E-state index contributed by atoms with van der Waals surface area (Å²) in [5, 5.41) is 9.53. The minimum Gasteiger partial charge on any atom is -0.494 e. The van der Waals surface area contributed by atoms with E-state index in [1.807, 2.05) is 43.3 Å². The fourth-order valence-corrected chi connectivity index (χ4v) is 3.65. The molecule has 2 heterocycles. The lowest BCUT2D eigenvalue weighted by molar-refractivity contribution is 0.246. The van der Waals surface area contributed by atoms with Crippen LogP contribution in [0.3, 0.4) is 0 Å². The van der Waals surface area contributed by atoms with Gasteiger partial charge in [0, 0.05) is 38.8 Å². The van der Waals surface area contributed by atoms with Gasteiger partial charge >= 0.3 is 0 Å². The molecule has 1 aromatic heterocycles. The third-order valence-corrected chi connectivity index (χ3v) is 5.25. The van der Waals surface area contributed by atoms with Crippen LogP contribution in [0.2, 0.25) is 0 Å². The summed E-state index contributed by atoms with van der Waals surface area (Å²) in [5.74, 6) is 1.84. The molecule has 0 spiro atoms. The average Bonchev–Trinajstić information content (AvgIpc) is 3.23. The number of oxazole rings is 1. The summed E-state index contributed by atoms with van der Waals surface area (Å²) < 4.78 is 11.4. The highest BCUT2D eigenvalue weighted by Crippen LogP contribution is 2.25. The molecule has 6 nitrogen and oxygen atoms in total. The summed E-state index contributed by atoms with van der Waals surface area (Å²) in [6, 6.07) is 20.5. The lowest BCUT2D eigenvalue weighted by Gasteiger charge is -2.34. The van der Waals surface area contributed by atoms with Crippen LogP contribution in [0.25, 0.3) is 12.2 Å². The minimum atomic E-state index is 0.336. The zero-order valence-corrected chi connectivity index (χ0v) is 17.7. The molecule has 0 aliphatic carbocycles. The maximum Gasteiger partial charge on any atom is 0.235 e. The molecule has 0 amide bonds. The number of ether oxygens (including phenoxy) is 1.